The summed E-state index contributed by atoms with van der Waals surface area (Å²) in [4.78, 5) is 2.64. The summed E-state index contributed by atoms with van der Waals surface area (Å²) in [6.07, 6.45) is 8.96. The smallest absolute Gasteiger partial charge is 0.0622 e. The molecule has 1 aliphatic carbocycles. The fourth-order valence-electron chi connectivity index (χ4n) is 3.14. The lowest BCUT2D eigenvalue weighted by molar-refractivity contribution is 0.181. The van der Waals surface area contributed by atoms with Crippen molar-refractivity contribution in [2.24, 2.45) is 5.92 Å². The van der Waals surface area contributed by atoms with Crippen LogP contribution in [0.3, 0.4) is 0 Å². The van der Waals surface area contributed by atoms with Gasteiger partial charge in [-0.15, -0.1) is 0 Å². The van der Waals surface area contributed by atoms with E-state index in [1.165, 1.54) is 38.6 Å². The molecule has 0 aromatic heterocycles. The normalized spacial score (nSPS) is 32.5. The quantitative estimate of drug-likeness (QED) is 0.642. The van der Waals surface area contributed by atoms with Crippen LogP contribution in [-0.4, -0.2) is 24.0 Å². The van der Waals surface area contributed by atoms with E-state index < -0.39 is 0 Å². The maximum Gasteiger partial charge on any atom is 0.0622 e. The van der Waals surface area contributed by atoms with Crippen molar-refractivity contribution >= 4 is 0 Å². The molecule has 2 fully saturated rings. The SMILES string of the molecule is N#CCCCN1CCC2CCCCC21. The lowest BCUT2D eigenvalue weighted by Crippen LogP contribution is -2.35. The van der Waals surface area contributed by atoms with Gasteiger partial charge in [-0.2, -0.15) is 5.26 Å². The number of fused-ring (bicyclic) bond motifs is 1. The zero-order valence-electron chi connectivity index (χ0n) is 8.91. The molecule has 1 saturated heterocycles. The highest BCUT2D eigenvalue weighted by atomic mass is 15.2. The first-order valence-corrected chi connectivity index (χ1v) is 6.03. The standard InChI is InChI=1S/C12H20N2/c13-8-3-4-9-14-10-7-11-5-1-2-6-12(11)14/h11-12H,1-7,9-10H2. The Morgan fingerprint density at radius 3 is 2.93 bits per heavy atom. The molecule has 0 bridgehead atoms. The first kappa shape index (κ1) is 9.98. The Hall–Kier alpha value is -0.550. The Balaban J connectivity index is 1.79. The molecule has 2 atom stereocenters. The third kappa shape index (κ3) is 2.09. The van der Waals surface area contributed by atoms with E-state index in [1.807, 2.05) is 0 Å². The summed E-state index contributed by atoms with van der Waals surface area (Å²) >= 11 is 0. The topological polar surface area (TPSA) is 27.0 Å². The van der Waals surface area contributed by atoms with Gasteiger partial charge >= 0.3 is 0 Å². The third-order valence-corrected chi connectivity index (χ3v) is 3.86. The zero-order chi connectivity index (χ0) is 9.80. The number of nitriles is 1. The molecule has 2 heteroatoms. The monoisotopic (exact) mass is 192 g/mol. The molecule has 0 amide bonds. The van der Waals surface area contributed by atoms with Crippen LogP contribution in [0.2, 0.25) is 0 Å². The molecule has 14 heavy (non-hydrogen) atoms. The average Bonchev–Trinajstić information content (AvgIpc) is 2.63. The van der Waals surface area contributed by atoms with Gasteiger partial charge in [-0.1, -0.05) is 12.8 Å². The predicted molar refractivity (Wildman–Crippen MR) is 56.8 cm³/mol. The van der Waals surface area contributed by atoms with Crippen LogP contribution in [-0.2, 0) is 0 Å². The lowest BCUT2D eigenvalue weighted by Gasteiger charge is -2.31. The molecule has 1 saturated carbocycles. The second kappa shape index (κ2) is 4.79. The molecule has 2 aliphatic rings. The van der Waals surface area contributed by atoms with Crippen LogP contribution in [0.1, 0.15) is 44.9 Å². The van der Waals surface area contributed by atoms with Crippen molar-refractivity contribution in [3.63, 3.8) is 0 Å². The highest BCUT2D eigenvalue weighted by molar-refractivity contribution is 4.89. The van der Waals surface area contributed by atoms with Gasteiger partial charge in [0.05, 0.1) is 6.07 Å². The number of hydrogen-bond acceptors (Lipinski definition) is 2. The van der Waals surface area contributed by atoms with Crippen molar-refractivity contribution < 1.29 is 0 Å². The molecular weight excluding hydrogens is 172 g/mol. The maximum absolute atomic E-state index is 8.50. The van der Waals surface area contributed by atoms with Crippen LogP contribution in [0.5, 0.6) is 0 Å². The van der Waals surface area contributed by atoms with E-state index in [0.29, 0.717) is 0 Å². The third-order valence-electron chi connectivity index (χ3n) is 3.86. The number of likely N-dealkylation sites (tertiary alicyclic amines) is 1. The van der Waals surface area contributed by atoms with E-state index >= 15 is 0 Å². The van der Waals surface area contributed by atoms with Gasteiger partial charge in [-0.05, 0) is 44.7 Å². The van der Waals surface area contributed by atoms with Crippen LogP contribution in [0.15, 0.2) is 0 Å². The molecule has 2 unspecified atom stereocenters. The van der Waals surface area contributed by atoms with Crippen LogP contribution < -0.4 is 0 Å². The van der Waals surface area contributed by atoms with E-state index in [1.54, 1.807) is 0 Å². The van der Waals surface area contributed by atoms with Crippen LogP contribution in [0.4, 0.5) is 0 Å². The van der Waals surface area contributed by atoms with Crippen molar-refractivity contribution in [3.05, 3.63) is 0 Å². The minimum absolute atomic E-state index is 0.730. The fourth-order valence-corrected chi connectivity index (χ4v) is 3.14. The minimum atomic E-state index is 0.730. The van der Waals surface area contributed by atoms with Gasteiger partial charge in [0, 0.05) is 12.5 Å². The van der Waals surface area contributed by atoms with Crippen molar-refractivity contribution in [2.45, 2.75) is 51.0 Å². The predicted octanol–water partition coefficient (Wildman–Crippen LogP) is 2.55. The highest BCUT2D eigenvalue weighted by Crippen LogP contribution is 2.35. The molecule has 78 valence electrons. The highest BCUT2D eigenvalue weighted by Gasteiger charge is 2.34. The molecule has 2 nitrogen and oxygen atoms in total. The van der Waals surface area contributed by atoms with Gasteiger partial charge in [0.2, 0.25) is 0 Å². The molecule has 2 rings (SSSR count). The summed E-state index contributed by atoms with van der Waals surface area (Å²) in [5, 5.41) is 8.50. The fraction of sp³-hybridized carbons (Fsp3) is 0.917. The van der Waals surface area contributed by atoms with Gasteiger partial charge in [0.1, 0.15) is 0 Å². The zero-order valence-corrected chi connectivity index (χ0v) is 8.91. The van der Waals surface area contributed by atoms with Crippen molar-refractivity contribution in [1.29, 1.82) is 5.26 Å². The number of unbranched alkanes of at least 4 members (excludes halogenated alkanes) is 1. The summed E-state index contributed by atoms with van der Waals surface area (Å²) < 4.78 is 0. The molecule has 0 aromatic carbocycles. The number of rotatable bonds is 3. The maximum atomic E-state index is 8.50. The summed E-state index contributed by atoms with van der Waals surface area (Å²) in [6.45, 7) is 2.45. The molecule has 0 aromatic rings. The van der Waals surface area contributed by atoms with Gasteiger partial charge in [0.25, 0.3) is 0 Å². The van der Waals surface area contributed by atoms with Crippen molar-refractivity contribution in [1.82, 2.24) is 4.90 Å². The minimum Gasteiger partial charge on any atom is -0.300 e. The summed E-state index contributed by atoms with van der Waals surface area (Å²) in [5.41, 5.74) is 0. The van der Waals surface area contributed by atoms with E-state index in [9.17, 15) is 0 Å². The Labute approximate surface area is 86.9 Å². The molecule has 0 spiro atoms. The van der Waals surface area contributed by atoms with E-state index in [0.717, 1.165) is 31.3 Å². The van der Waals surface area contributed by atoms with Crippen molar-refractivity contribution in [3.8, 4) is 6.07 Å². The summed E-state index contributed by atoms with van der Waals surface area (Å²) in [5.74, 6) is 0.992. The largest absolute Gasteiger partial charge is 0.300 e. The summed E-state index contributed by atoms with van der Waals surface area (Å²) in [7, 11) is 0. The Bertz CT molecular complexity index is 219. The van der Waals surface area contributed by atoms with Crippen molar-refractivity contribution in [2.75, 3.05) is 13.1 Å². The van der Waals surface area contributed by atoms with Gasteiger partial charge < -0.3 is 4.90 Å². The van der Waals surface area contributed by atoms with Gasteiger partial charge in [0.15, 0.2) is 0 Å². The molecular formula is C12H20N2. The lowest BCUT2D eigenvalue weighted by atomic mass is 9.85. The number of hydrogen-bond donors (Lipinski definition) is 0. The average molecular weight is 192 g/mol. The van der Waals surface area contributed by atoms with E-state index in [-0.39, 0.29) is 0 Å². The van der Waals surface area contributed by atoms with E-state index in [4.69, 9.17) is 5.26 Å². The van der Waals surface area contributed by atoms with Gasteiger partial charge in [-0.25, -0.2) is 0 Å². The second-order valence-electron chi connectivity index (χ2n) is 4.70. The van der Waals surface area contributed by atoms with Gasteiger partial charge in [-0.3, -0.25) is 0 Å². The Morgan fingerprint density at radius 2 is 2.07 bits per heavy atom. The van der Waals surface area contributed by atoms with Crippen LogP contribution >= 0.6 is 0 Å². The summed E-state index contributed by atoms with van der Waals surface area (Å²) in [6, 6.07) is 3.11. The molecule has 0 N–H and O–H groups in total. The number of nitrogens with zero attached hydrogens (tertiary/aromatic N) is 2. The molecule has 1 aliphatic heterocycles. The molecule has 0 radical (unpaired) electrons. The van der Waals surface area contributed by atoms with E-state index in [2.05, 4.69) is 11.0 Å². The first-order chi connectivity index (χ1) is 6.92. The Kier molecular flexibility index (Phi) is 3.42. The molecule has 1 heterocycles. The first-order valence-electron chi connectivity index (χ1n) is 6.03. The second-order valence-corrected chi connectivity index (χ2v) is 4.70. The van der Waals surface area contributed by atoms with Crippen LogP contribution in [0.25, 0.3) is 0 Å². The Morgan fingerprint density at radius 1 is 1.21 bits per heavy atom. The van der Waals surface area contributed by atoms with Crippen LogP contribution in [0, 0.1) is 17.2 Å².